The molecule has 2 aromatic carbocycles. The summed E-state index contributed by atoms with van der Waals surface area (Å²) in [4.78, 5) is 29.2. The molecule has 0 N–H and O–H groups in total. The fourth-order valence-electron chi connectivity index (χ4n) is 3.82. The fourth-order valence-corrected chi connectivity index (χ4v) is 4.34. The third-order valence-electron chi connectivity index (χ3n) is 5.93. The van der Waals surface area contributed by atoms with Crippen LogP contribution in [0.1, 0.15) is 48.7 Å². The molecule has 1 aromatic heterocycles. The highest BCUT2D eigenvalue weighted by Gasteiger charge is 2.31. The summed E-state index contributed by atoms with van der Waals surface area (Å²) in [6, 6.07) is 12.7. The van der Waals surface area contributed by atoms with Gasteiger partial charge in [0.25, 0.3) is 0 Å². The van der Waals surface area contributed by atoms with E-state index in [1.54, 1.807) is 30.3 Å². The molecule has 1 aliphatic carbocycles. The largest absolute Gasteiger partial charge is 0.489 e. The van der Waals surface area contributed by atoms with E-state index in [2.05, 4.69) is 9.72 Å². The van der Waals surface area contributed by atoms with Crippen molar-refractivity contribution < 1.29 is 37.3 Å². The van der Waals surface area contributed by atoms with Crippen molar-refractivity contribution in [2.24, 2.45) is 5.92 Å². The third kappa shape index (κ3) is 8.03. The lowest BCUT2D eigenvalue weighted by molar-refractivity contribution is -0.171. The average Bonchev–Trinajstić information content (AvgIpc) is 3.73. The third-order valence-corrected chi connectivity index (χ3v) is 6.58. The zero-order chi connectivity index (χ0) is 27.9. The molecule has 4 rings (SSSR count). The maximum atomic E-state index is 13.4. The van der Waals surface area contributed by atoms with Crippen LogP contribution >= 0.6 is 23.2 Å². The minimum absolute atomic E-state index is 0.00459. The highest BCUT2D eigenvalue weighted by Crippen LogP contribution is 2.38. The standard InChI is InChI=1S/C28H25Cl2F2NO6/c1-16(34)37-26(18-5-3-2-4-6-18)27(35)38-24(12-20-21(29)13-33-14-22(20)30)19-9-10-23(39-28(31)32)25(11-19)36-15-17-7-8-17/h2-6,9-11,13-14,17,24,26,28H,7-8,12,15H2,1H3/t24-,26-/m0/s1. The Hall–Kier alpha value is -3.43. The van der Waals surface area contributed by atoms with Gasteiger partial charge in [-0.1, -0.05) is 59.6 Å². The number of aromatic nitrogens is 1. The van der Waals surface area contributed by atoms with Crippen LogP contribution in [0.3, 0.4) is 0 Å². The molecule has 0 saturated heterocycles. The number of ether oxygens (including phenoxy) is 4. The second-order valence-electron chi connectivity index (χ2n) is 8.95. The van der Waals surface area contributed by atoms with E-state index in [0.29, 0.717) is 29.2 Å². The maximum absolute atomic E-state index is 13.4. The first-order valence-electron chi connectivity index (χ1n) is 12.1. The minimum atomic E-state index is -3.06. The molecule has 11 heteroatoms. The molecule has 1 fully saturated rings. The van der Waals surface area contributed by atoms with Gasteiger partial charge in [0.1, 0.15) is 6.10 Å². The molecule has 0 spiro atoms. The molecule has 1 heterocycles. The molecule has 0 amide bonds. The van der Waals surface area contributed by atoms with Crippen LogP contribution in [-0.4, -0.2) is 30.1 Å². The summed E-state index contributed by atoms with van der Waals surface area (Å²) in [5.41, 5.74) is 1.25. The van der Waals surface area contributed by atoms with E-state index in [1.807, 2.05) is 0 Å². The molecular weight excluding hydrogens is 555 g/mol. The van der Waals surface area contributed by atoms with Gasteiger partial charge in [-0.3, -0.25) is 9.78 Å². The van der Waals surface area contributed by atoms with Gasteiger partial charge in [-0.05, 0) is 42.0 Å². The SMILES string of the molecule is CC(=O)O[C@H](C(=O)O[C@@H](Cc1c(Cl)cncc1Cl)c1ccc(OC(F)F)c(OCC2CC2)c1)c1ccccc1. The van der Waals surface area contributed by atoms with E-state index < -0.39 is 30.8 Å². The average molecular weight is 580 g/mol. The lowest BCUT2D eigenvalue weighted by atomic mass is 10.0. The highest BCUT2D eigenvalue weighted by molar-refractivity contribution is 6.35. The van der Waals surface area contributed by atoms with Crippen LogP contribution in [0.4, 0.5) is 8.78 Å². The number of benzene rings is 2. The molecule has 0 aliphatic heterocycles. The number of halogens is 4. The number of pyridine rings is 1. The molecule has 7 nitrogen and oxygen atoms in total. The highest BCUT2D eigenvalue weighted by atomic mass is 35.5. The van der Waals surface area contributed by atoms with Gasteiger partial charge in [-0.15, -0.1) is 0 Å². The van der Waals surface area contributed by atoms with Crippen LogP contribution in [0.15, 0.2) is 60.9 Å². The normalized spacial score (nSPS) is 14.4. The number of rotatable bonds is 12. The Morgan fingerprint density at radius 3 is 2.28 bits per heavy atom. The first-order valence-corrected chi connectivity index (χ1v) is 12.9. The van der Waals surface area contributed by atoms with Crippen molar-refractivity contribution in [3.05, 3.63) is 87.7 Å². The lowest BCUT2D eigenvalue weighted by Gasteiger charge is -2.24. The number of hydrogen-bond acceptors (Lipinski definition) is 7. The molecule has 1 aliphatic rings. The Balaban J connectivity index is 1.70. The zero-order valence-corrected chi connectivity index (χ0v) is 22.3. The number of hydrogen-bond donors (Lipinski definition) is 0. The monoisotopic (exact) mass is 579 g/mol. The molecular formula is C28H25Cl2F2NO6. The molecule has 206 valence electrons. The zero-order valence-electron chi connectivity index (χ0n) is 20.8. The smallest absolute Gasteiger partial charge is 0.387 e. The van der Waals surface area contributed by atoms with Crippen molar-refractivity contribution in [3.8, 4) is 11.5 Å². The van der Waals surface area contributed by atoms with Crippen LogP contribution in [0.5, 0.6) is 11.5 Å². The van der Waals surface area contributed by atoms with E-state index in [1.165, 1.54) is 37.5 Å². The van der Waals surface area contributed by atoms with Gasteiger partial charge >= 0.3 is 18.6 Å². The summed E-state index contributed by atoms with van der Waals surface area (Å²) >= 11 is 12.7. The van der Waals surface area contributed by atoms with Crippen molar-refractivity contribution in [1.82, 2.24) is 4.98 Å². The van der Waals surface area contributed by atoms with Crippen LogP contribution in [-0.2, 0) is 25.5 Å². The van der Waals surface area contributed by atoms with Crippen LogP contribution in [0.2, 0.25) is 10.0 Å². The van der Waals surface area contributed by atoms with E-state index >= 15 is 0 Å². The van der Waals surface area contributed by atoms with E-state index in [4.69, 9.17) is 37.4 Å². The van der Waals surface area contributed by atoms with Crippen molar-refractivity contribution in [1.29, 1.82) is 0 Å². The number of alkyl halides is 2. The van der Waals surface area contributed by atoms with Crippen LogP contribution in [0, 0.1) is 5.92 Å². The molecule has 39 heavy (non-hydrogen) atoms. The number of esters is 2. The van der Waals surface area contributed by atoms with E-state index in [9.17, 15) is 18.4 Å². The van der Waals surface area contributed by atoms with Crippen molar-refractivity contribution >= 4 is 35.1 Å². The van der Waals surface area contributed by atoms with Gasteiger partial charge < -0.3 is 18.9 Å². The molecule has 0 radical (unpaired) electrons. The molecule has 3 aromatic rings. The summed E-state index contributed by atoms with van der Waals surface area (Å²) in [7, 11) is 0. The predicted molar refractivity (Wildman–Crippen MR) is 139 cm³/mol. The van der Waals surface area contributed by atoms with Crippen molar-refractivity contribution in [3.63, 3.8) is 0 Å². The van der Waals surface area contributed by atoms with E-state index in [-0.39, 0.29) is 28.0 Å². The number of carbonyl (C=O) groups is 2. The maximum Gasteiger partial charge on any atom is 0.387 e. The minimum Gasteiger partial charge on any atom is -0.489 e. The topological polar surface area (TPSA) is 84.0 Å². The van der Waals surface area contributed by atoms with Crippen LogP contribution in [0.25, 0.3) is 0 Å². The van der Waals surface area contributed by atoms with Crippen molar-refractivity contribution in [2.45, 2.75) is 45.0 Å². The Kier molecular flexibility index (Phi) is 9.59. The van der Waals surface area contributed by atoms with Gasteiger partial charge in [-0.2, -0.15) is 8.78 Å². The summed E-state index contributed by atoms with van der Waals surface area (Å²) in [6.07, 6.45) is 2.41. The molecule has 0 unspecified atom stereocenters. The Labute approximate surface area is 233 Å². The number of nitrogens with zero attached hydrogens (tertiary/aromatic N) is 1. The predicted octanol–water partition coefficient (Wildman–Crippen LogP) is 6.91. The molecule has 1 saturated carbocycles. The Morgan fingerprint density at radius 1 is 0.974 bits per heavy atom. The van der Waals surface area contributed by atoms with Crippen LogP contribution < -0.4 is 9.47 Å². The second-order valence-corrected chi connectivity index (χ2v) is 9.76. The van der Waals surface area contributed by atoms with Gasteiger partial charge in [0.05, 0.1) is 16.7 Å². The van der Waals surface area contributed by atoms with Gasteiger partial charge in [0.15, 0.2) is 11.5 Å². The van der Waals surface area contributed by atoms with Gasteiger partial charge in [-0.25, -0.2) is 4.79 Å². The summed E-state index contributed by atoms with van der Waals surface area (Å²) in [5.74, 6) is -1.27. The lowest BCUT2D eigenvalue weighted by Crippen LogP contribution is -2.24. The van der Waals surface area contributed by atoms with Gasteiger partial charge in [0, 0.05) is 31.3 Å². The molecule has 2 atom stereocenters. The summed E-state index contributed by atoms with van der Waals surface area (Å²) in [6.45, 7) is -1.54. The van der Waals surface area contributed by atoms with E-state index in [0.717, 1.165) is 12.8 Å². The Bertz CT molecular complexity index is 1290. The quantitative estimate of drug-likeness (QED) is 0.215. The second kappa shape index (κ2) is 13.1. The fraction of sp³-hybridized carbons (Fsp3) is 0.321. The molecule has 0 bridgehead atoms. The first kappa shape index (κ1) is 28.6. The number of carbonyl (C=O) groups excluding carboxylic acids is 2. The first-order chi connectivity index (χ1) is 18.7. The summed E-state index contributed by atoms with van der Waals surface area (Å²) < 4.78 is 47.7. The van der Waals surface area contributed by atoms with Crippen molar-refractivity contribution in [2.75, 3.05) is 6.61 Å². The summed E-state index contributed by atoms with van der Waals surface area (Å²) in [5, 5.41) is 0.483. The Morgan fingerprint density at radius 2 is 1.67 bits per heavy atom. The van der Waals surface area contributed by atoms with Gasteiger partial charge in [0.2, 0.25) is 6.10 Å².